The summed E-state index contributed by atoms with van der Waals surface area (Å²) in [6.45, 7) is 0. The van der Waals surface area contributed by atoms with Crippen molar-refractivity contribution in [2.75, 3.05) is 6.26 Å². The number of aromatic carboxylic acids is 1. The Kier molecular flexibility index (Phi) is 5.09. The number of carboxylic acids is 1. The molecular formula is C15H10INO3S. The molecule has 6 heteroatoms. The zero-order valence-corrected chi connectivity index (χ0v) is 13.9. The lowest BCUT2D eigenvalue weighted by Crippen LogP contribution is -2.01. The van der Waals surface area contributed by atoms with Crippen LogP contribution in [0.5, 0.6) is 11.5 Å². The van der Waals surface area contributed by atoms with Gasteiger partial charge in [-0.2, -0.15) is 5.26 Å². The normalized spacial score (nSPS) is 9.95. The number of nitrogens with zero attached hydrogens (tertiary/aromatic N) is 1. The topological polar surface area (TPSA) is 70.3 Å². The predicted molar refractivity (Wildman–Crippen MR) is 89.1 cm³/mol. The lowest BCUT2D eigenvalue weighted by molar-refractivity contribution is 0.0694. The minimum Gasteiger partial charge on any atom is -0.478 e. The minimum atomic E-state index is -1.07. The van der Waals surface area contributed by atoms with Crippen LogP contribution in [-0.4, -0.2) is 17.3 Å². The van der Waals surface area contributed by atoms with E-state index in [2.05, 4.69) is 6.07 Å². The molecular weight excluding hydrogens is 401 g/mol. The summed E-state index contributed by atoms with van der Waals surface area (Å²) in [4.78, 5) is 12.1. The van der Waals surface area contributed by atoms with Gasteiger partial charge in [0.1, 0.15) is 28.7 Å². The summed E-state index contributed by atoms with van der Waals surface area (Å²) in [5.41, 5.74) is 0.472. The van der Waals surface area contributed by atoms with E-state index in [9.17, 15) is 15.2 Å². The van der Waals surface area contributed by atoms with E-state index in [4.69, 9.17) is 4.74 Å². The molecule has 0 aliphatic heterocycles. The second-order valence-electron chi connectivity index (χ2n) is 3.99. The minimum absolute atomic E-state index is 0.0698. The van der Waals surface area contributed by atoms with Gasteiger partial charge in [-0.1, -0.05) is 6.07 Å². The molecule has 21 heavy (non-hydrogen) atoms. The fourth-order valence-corrected chi connectivity index (χ4v) is 2.81. The number of halogens is 1. The van der Waals surface area contributed by atoms with E-state index < -0.39 is 5.97 Å². The van der Waals surface area contributed by atoms with Gasteiger partial charge in [0.05, 0.1) is 0 Å². The molecule has 0 unspecified atom stereocenters. The average molecular weight is 411 g/mol. The summed E-state index contributed by atoms with van der Waals surface area (Å²) in [6.07, 6.45) is 1.87. The first-order chi connectivity index (χ1) is 10.1. The van der Waals surface area contributed by atoms with Gasteiger partial charge in [0.25, 0.3) is 0 Å². The number of nitriles is 1. The third kappa shape index (κ3) is 3.49. The molecule has 2 aromatic rings. The summed E-state index contributed by atoms with van der Waals surface area (Å²) in [7, 11) is 0. The highest BCUT2D eigenvalue weighted by Gasteiger charge is 2.15. The number of thioether (sulfide) groups is 1. The van der Waals surface area contributed by atoms with Crippen molar-refractivity contribution in [3.8, 4) is 17.6 Å². The van der Waals surface area contributed by atoms with Crippen molar-refractivity contribution in [2.45, 2.75) is 4.90 Å². The Bertz CT molecular complexity index is 740. The van der Waals surface area contributed by atoms with Crippen LogP contribution in [0.15, 0.2) is 41.3 Å². The molecule has 4 nitrogen and oxygen atoms in total. The van der Waals surface area contributed by atoms with Crippen molar-refractivity contribution in [1.82, 2.24) is 0 Å². The number of hydrogen-bond acceptors (Lipinski definition) is 4. The largest absolute Gasteiger partial charge is 0.478 e. The maximum atomic E-state index is 11.3. The van der Waals surface area contributed by atoms with Gasteiger partial charge >= 0.3 is 5.97 Å². The van der Waals surface area contributed by atoms with Crippen LogP contribution in [0.2, 0.25) is 0 Å². The number of benzene rings is 2. The Morgan fingerprint density at radius 2 is 2.10 bits per heavy atom. The van der Waals surface area contributed by atoms with Crippen LogP contribution in [0.4, 0.5) is 0 Å². The summed E-state index contributed by atoms with van der Waals surface area (Å²) < 4.78 is 6.47. The Morgan fingerprint density at radius 1 is 1.33 bits per heavy atom. The van der Waals surface area contributed by atoms with Crippen molar-refractivity contribution >= 4 is 40.3 Å². The molecule has 0 aliphatic carbocycles. The molecule has 0 amide bonds. The zero-order valence-electron chi connectivity index (χ0n) is 11.0. The maximum Gasteiger partial charge on any atom is 0.339 e. The van der Waals surface area contributed by atoms with Gasteiger partial charge in [-0.15, -0.1) is 11.8 Å². The van der Waals surface area contributed by atoms with Crippen LogP contribution in [-0.2, 0) is 0 Å². The van der Waals surface area contributed by atoms with Crippen LogP contribution in [0.3, 0.4) is 0 Å². The second kappa shape index (κ2) is 6.83. The molecule has 0 atom stereocenters. The predicted octanol–water partition coefficient (Wildman–Crippen LogP) is 4.38. The lowest BCUT2D eigenvalue weighted by atomic mass is 10.2. The smallest absolute Gasteiger partial charge is 0.339 e. The summed E-state index contributed by atoms with van der Waals surface area (Å²) in [5.74, 6) is -0.492. The highest BCUT2D eigenvalue weighted by atomic mass is 127. The molecule has 0 radical (unpaired) electrons. The summed E-state index contributed by atoms with van der Waals surface area (Å²) >= 11 is 3.47. The number of rotatable bonds is 4. The van der Waals surface area contributed by atoms with E-state index in [-0.39, 0.29) is 11.3 Å². The molecule has 0 spiro atoms. The molecule has 0 bridgehead atoms. The van der Waals surface area contributed by atoms with E-state index in [1.165, 1.54) is 17.8 Å². The Morgan fingerprint density at radius 3 is 2.71 bits per heavy atom. The van der Waals surface area contributed by atoms with Gasteiger partial charge in [-0.05, 0) is 59.2 Å². The van der Waals surface area contributed by atoms with E-state index in [0.717, 1.165) is 8.47 Å². The van der Waals surface area contributed by atoms with E-state index >= 15 is 0 Å². The van der Waals surface area contributed by atoms with Gasteiger partial charge in [0.15, 0.2) is 0 Å². The first kappa shape index (κ1) is 15.7. The molecule has 0 heterocycles. The van der Waals surface area contributed by atoms with Gasteiger partial charge in [0.2, 0.25) is 0 Å². The monoisotopic (exact) mass is 411 g/mol. The van der Waals surface area contributed by atoms with Crippen LogP contribution >= 0.6 is 34.4 Å². The highest BCUT2D eigenvalue weighted by Crippen LogP contribution is 2.33. The molecule has 106 valence electrons. The molecule has 0 saturated carbocycles. The molecule has 0 aliphatic rings. The van der Waals surface area contributed by atoms with Crippen LogP contribution in [0.1, 0.15) is 15.9 Å². The van der Waals surface area contributed by atoms with E-state index in [0.29, 0.717) is 11.3 Å². The first-order valence-corrected chi connectivity index (χ1v) is 8.15. The van der Waals surface area contributed by atoms with Gasteiger partial charge in [-0.3, -0.25) is 0 Å². The molecule has 0 fully saturated rings. The molecule has 2 aromatic carbocycles. The number of carbonyl (C=O) groups is 1. The third-order valence-electron chi connectivity index (χ3n) is 2.71. The lowest BCUT2D eigenvalue weighted by Gasteiger charge is -2.12. The summed E-state index contributed by atoms with van der Waals surface area (Å²) in [6, 6.07) is 12.2. The van der Waals surface area contributed by atoms with E-state index in [1.807, 2.05) is 34.9 Å². The first-order valence-electron chi connectivity index (χ1n) is 5.84. The number of ether oxygens (including phenoxy) is 1. The zero-order chi connectivity index (χ0) is 15.4. The number of hydrogen-bond donors (Lipinski definition) is 1. The summed E-state index contributed by atoms with van der Waals surface area (Å²) in [5, 5.41) is 18.5. The third-order valence-corrected chi connectivity index (χ3v) is 4.16. The van der Waals surface area contributed by atoms with Crippen LogP contribution < -0.4 is 4.74 Å². The van der Waals surface area contributed by atoms with Gasteiger partial charge in [0, 0.05) is 8.47 Å². The second-order valence-corrected chi connectivity index (χ2v) is 6.09. The van der Waals surface area contributed by atoms with Crippen molar-refractivity contribution in [3.05, 3.63) is 51.1 Å². The Hall–Kier alpha value is -1.72. The van der Waals surface area contributed by atoms with Crippen LogP contribution in [0, 0.1) is 14.9 Å². The van der Waals surface area contributed by atoms with Crippen molar-refractivity contribution < 1.29 is 14.6 Å². The van der Waals surface area contributed by atoms with Gasteiger partial charge in [-0.25, -0.2) is 4.79 Å². The van der Waals surface area contributed by atoms with Crippen molar-refractivity contribution in [1.29, 1.82) is 5.26 Å². The Labute approximate surface area is 139 Å². The SMILES string of the molecule is CSc1cccc(Oc2ccc(I)cc2C(=O)O)c1C#N. The van der Waals surface area contributed by atoms with E-state index in [1.54, 1.807) is 24.3 Å². The molecule has 0 aromatic heterocycles. The van der Waals surface area contributed by atoms with Crippen molar-refractivity contribution in [3.63, 3.8) is 0 Å². The Balaban J connectivity index is 2.49. The highest BCUT2D eigenvalue weighted by molar-refractivity contribution is 14.1. The molecule has 1 N–H and O–H groups in total. The fourth-order valence-electron chi connectivity index (χ4n) is 1.75. The van der Waals surface area contributed by atoms with Gasteiger partial charge < -0.3 is 9.84 Å². The number of carboxylic acid groups (broad SMARTS) is 1. The standard InChI is InChI=1S/C15H10INO3S/c1-21-14-4-2-3-12(11(14)8-17)20-13-6-5-9(16)7-10(13)15(18)19/h2-7H,1H3,(H,18,19). The quantitative estimate of drug-likeness (QED) is 0.598. The van der Waals surface area contributed by atoms with Crippen LogP contribution in [0.25, 0.3) is 0 Å². The fraction of sp³-hybridized carbons (Fsp3) is 0.0667. The average Bonchev–Trinajstić information content (AvgIpc) is 2.48. The molecule has 2 rings (SSSR count). The maximum absolute atomic E-state index is 11.3. The van der Waals surface area contributed by atoms with Crippen molar-refractivity contribution in [2.24, 2.45) is 0 Å². The molecule has 0 saturated heterocycles.